The Morgan fingerprint density at radius 3 is 1.24 bits per heavy atom. The van der Waals surface area contributed by atoms with Crippen molar-refractivity contribution in [2.45, 2.75) is 24.3 Å². The van der Waals surface area contributed by atoms with Crippen molar-refractivity contribution in [3.63, 3.8) is 0 Å². The Kier molecular flexibility index (Phi) is 10.6. The van der Waals surface area contributed by atoms with Crippen molar-refractivity contribution in [1.82, 2.24) is 20.6 Å². The van der Waals surface area contributed by atoms with E-state index >= 15 is 0 Å². The number of alkyl carbamates (subject to hydrolysis) is 2. The van der Waals surface area contributed by atoms with Crippen molar-refractivity contribution < 1.29 is 27.8 Å². The van der Waals surface area contributed by atoms with Gasteiger partial charge < -0.3 is 20.1 Å². The smallest absolute Gasteiger partial charge is 0.408 e. The van der Waals surface area contributed by atoms with Crippen LogP contribution in [0.4, 0.5) is 18.4 Å². The summed E-state index contributed by atoms with van der Waals surface area (Å²) in [5.41, 5.74) is 5.64. The summed E-state index contributed by atoms with van der Waals surface area (Å²) in [6.07, 6.45) is -1.85. The number of carbonyl (C=O) groups excluding carboxylic acids is 2. The van der Waals surface area contributed by atoms with E-state index in [0.717, 1.165) is 11.1 Å². The van der Waals surface area contributed by atoms with Crippen molar-refractivity contribution >= 4 is 12.2 Å². The summed E-state index contributed by atoms with van der Waals surface area (Å²) >= 11 is 0. The summed E-state index contributed by atoms with van der Waals surface area (Å²) < 4.78 is 36.8. The van der Waals surface area contributed by atoms with Crippen LogP contribution in [0.3, 0.4) is 0 Å². The highest BCUT2D eigenvalue weighted by atomic mass is 19.1. The second-order valence-corrected chi connectivity index (χ2v) is 12.1. The highest BCUT2D eigenvalue weighted by Crippen LogP contribution is 2.37. The zero-order valence-corrected chi connectivity index (χ0v) is 28.4. The van der Waals surface area contributed by atoms with Crippen LogP contribution in [0.1, 0.15) is 69.3 Å². The van der Waals surface area contributed by atoms with Gasteiger partial charge in [-0.25, -0.2) is 28.3 Å². The van der Waals surface area contributed by atoms with Gasteiger partial charge in [0.1, 0.15) is 35.1 Å². The van der Waals surface area contributed by atoms with Crippen molar-refractivity contribution in [3.8, 4) is 23.7 Å². The molecule has 2 fully saturated rings. The molecule has 4 aromatic carbocycles. The monoisotopic (exact) mass is 716 g/mol. The van der Waals surface area contributed by atoms with Crippen LogP contribution >= 0.6 is 0 Å². The van der Waals surface area contributed by atoms with E-state index in [0.29, 0.717) is 33.9 Å². The summed E-state index contributed by atoms with van der Waals surface area (Å²) in [6, 6.07) is 41.1. The van der Waals surface area contributed by atoms with Gasteiger partial charge in [0.2, 0.25) is 0 Å². The van der Waals surface area contributed by atoms with Crippen LogP contribution in [0.5, 0.6) is 0 Å². The molecule has 0 aliphatic carbocycles. The molecule has 4 heterocycles. The average Bonchev–Trinajstić information content (AvgIpc) is 3.81. The van der Waals surface area contributed by atoms with Crippen LogP contribution in [0, 0.1) is 35.3 Å². The minimum Gasteiger partial charge on any atom is -0.439 e. The molecule has 264 valence electrons. The first kappa shape index (κ1) is 35.1. The van der Waals surface area contributed by atoms with Crippen LogP contribution < -0.4 is 10.6 Å². The van der Waals surface area contributed by atoms with Gasteiger partial charge in [-0.3, -0.25) is 0 Å². The van der Waals surface area contributed by atoms with Gasteiger partial charge >= 0.3 is 12.2 Å². The van der Waals surface area contributed by atoms with Gasteiger partial charge in [-0.2, -0.15) is 0 Å². The molecule has 2 aliphatic heterocycles. The third-order valence-corrected chi connectivity index (χ3v) is 8.41. The zero-order valence-electron chi connectivity index (χ0n) is 28.4. The maximum absolute atomic E-state index is 13.0. The molecule has 2 aliphatic rings. The molecule has 0 bridgehead atoms. The number of carbonyl (C=O) groups is 2. The fourth-order valence-corrected chi connectivity index (χ4v) is 5.83. The Balaban J connectivity index is 0.000000167. The number of nitrogens with zero attached hydrogens (tertiary/aromatic N) is 2. The van der Waals surface area contributed by atoms with Crippen LogP contribution in [-0.4, -0.2) is 22.2 Å². The lowest BCUT2D eigenvalue weighted by atomic mass is 10.00. The summed E-state index contributed by atoms with van der Waals surface area (Å²) in [5, 5.41) is 5.62. The maximum Gasteiger partial charge on any atom is 0.408 e. The second kappa shape index (κ2) is 16.4. The molecule has 0 unspecified atom stereocenters. The molecule has 6 aromatic rings. The van der Waals surface area contributed by atoms with Gasteiger partial charge in [0.05, 0.1) is 11.4 Å². The Bertz CT molecular complexity index is 2220. The predicted octanol–water partition coefficient (Wildman–Crippen LogP) is 8.29. The zero-order chi connectivity index (χ0) is 37.3. The molecule has 4 atom stereocenters. The fourth-order valence-electron chi connectivity index (χ4n) is 5.83. The van der Waals surface area contributed by atoms with E-state index in [-0.39, 0.29) is 11.6 Å². The Hall–Kier alpha value is -7.30. The quantitative estimate of drug-likeness (QED) is 0.178. The van der Waals surface area contributed by atoms with Gasteiger partial charge in [0.15, 0.2) is 12.2 Å². The molecule has 2 aromatic heterocycles. The van der Waals surface area contributed by atoms with E-state index in [1.54, 1.807) is 36.4 Å². The number of hydrogen-bond donors (Lipinski definition) is 2. The van der Waals surface area contributed by atoms with E-state index in [2.05, 4.69) is 44.3 Å². The number of cyclic esters (lactones) is 2. The lowest BCUT2D eigenvalue weighted by Gasteiger charge is -2.16. The molecule has 0 saturated carbocycles. The number of benzene rings is 4. The van der Waals surface area contributed by atoms with E-state index in [4.69, 9.17) is 9.47 Å². The summed E-state index contributed by atoms with van der Waals surface area (Å²) in [7, 11) is 0. The summed E-state index contributed by atoms with van der Waals surface area (Å²) in [4.78, 5) is 32.7. The van der Waals surface area contributed by atoms with Crippen molar-refractivity contribution in [1.29, 1.82) is 0 Å². The molecular weight excluding hydrogens is 687 g/mol. The number of rotatable bonds is 4. The van der Waals surface area contributed by atoms with Crippen LogP contribution in [0.2, 0.25) is 0 Å². The predicted molar refractivity (Wildman–Crippen MR) is 196 cm³/mol. The van der Waals surface area contributed by atoms with Gasteiger partial charge in [0.25, 0.3) is 0 Å². The molecule has 8 rings (SSSR count). The highest BCUT2D eigenvalue weighted by Gasteiger charge is 2.38. The number of halogens is 2. The van der Waals surface area contributed by atoms with Crippen LogP contribution in [0.25, 0.3) is 0 Å². The van der Waals surface area contributed by atoms with Crippen molar-refractivity contribution in [3.05, 3.63) is 202 Å². The number of pyridine rings is 2. The molecule has 8 nitrogen and oxygen atoms in total. The molecule has 2 N–H and O–H groups in total. The highest BCUT2D eigenvalue weighted by molar-refractivity contribution is 5.71. The Morgan fingerprint density at radius 1 is 0.463 bits per heavy atom. The minimum atomic E-state index is -0.474. The molecule has 10 heteroatoms. The summed E-state index contributed by atoms with van der Waals surface area (Å²) in [5.74, 6) is 11.3. The minimum absolute atomic E-state index is 0.301. The first-order chi connectivity index (χ1) is 26.4. The van der Waals surface area contributed by atoms with Crippen LogP contribution in [-0.2, 0) is 9.47 Å². The van der Waals surface area contributed by atoms with E-state index in [9.17, 15) is 18.4 Å². The number of amides is 2. The third kappa shape index (κ3) is 8.76. The second-order valence-electron chi connectivity index (χ2n) is 12.1. The van der Waals surface area contributed by atoms with Crippen molar-refractivity contribution in [2.75, 3.05) is 0 Å². The van der Waals surface area contributed by atoms with Crippen molar-refractivity contribution in [2.24, 2.45) is 0 Å². The number of aromatic nitrogens is 2. The first-order valence-corrected chi connectivity index (χ1v) is 16.9. The largest absolute Gasteiger partial charge is 0.439 e. The van der Waals surface area contributed by atoms with Gasteiger partial charge in [0, 0.05) is 11.1 Å². The topological polar surface area (TPSA) is 102 Å². The first-order valence-electron chi connectivity index (χ1n) is 16.9. The third-order valence-electron chi connectivity index (χ3n) is 8.41. The number of hydrogen-bond acceptors (Lipinski definition) is 6. The molecule has 0 radical (unpaired) electrons. The van der Waals surface area contributed by atoms with Gasteiger partial charge in [-0.1, -0.05) is 84.6 Å². The van der Waals surface area contributed by atoms with Gasteiger partial charge in [-0.15, -0.1) is 0 Å². The van der Waals surface area contributed by atoms with Crippen LogP contribution in [0.15, 0.2) is 146 Å². The molecule has 2 saturated heterocycles. The van der Waals surface area contributed by atoms with E-state index in [1.807, 2.05) is 84.9 Å². The number of ether oxygens (including phenoxy) is 2. The lowest BCUT2D eigenvalue weighted by molar-refractivity contribution is 0.131. The van der Waals surface area contributed by atoms with Gasteiger partial charge in [-0.05, 0) is 95.8 Å². The standard InChI is InChI=1S/2C22H15FN2O2/c2*23-17-12-9-15(10-13-17)11-14-18-7-4-8-19(24-18)20-21(27-22(26)25-20)16-5-2-1-3-6-16/h2*1-10,12-13,20-21H,(H,25,26)/t2*20-,21-/m10/s1. The molecule has 54 heavy (non-hydrogen) atoms. The fraction of sp³-hybridized carbons (Fsp3) is 0.0909. The number of nitrogens with one attached hydrogen (secondary N) is 2. The maximum atomic E-state index is 13.0. The lowest BCUT2D eigenvalue weighted by Crippen LogP contribution is -2.20. The summed E-state index contributed by atoms with van der Waals surface area (Å²) in [6.45, 7) is 0. The van der Waals surface area contributed by atoms with E-state index in [1.165, 1.54) is 24.3 Å². The van der Waals surface area contributed by atoms with E-state index < -0.39 is 36.5 Å². The molecule has 2 amide bonds. The molecule has 0 spiro atoms. The molecular formula is C44H30F2N4O4. The SMILES string of the molecule is O=C1N[C@@H](c2cccc(C#Cc3ccc(F)cc3)n2)[C@H](c2ccccc2)O1.O=C1N[C@H](c2cccc(C#Cc3ccc(F)cc3)n2)[C@@H](c2ccccc2)O1. The Labute approximate surface area is 310 Å². The Morgan fingerprint density at radius 2 is 0.852 bits per heavy atom. The normalized spacial score (nSPS) is 18.2. The average molecular weight is 717 g/mol.